The van der Waals surface area contributed by atoms with Crippen molar-refractivity contribution in [3.63, 3.8) is 0 Å². The Balaban J connectivity index is 1.90. The summed E-state index contributed by atoms with van der Waals surface area (Å²) in [7, 11) is 1.01. The van der Waals surface area contributed by atoms with Crippen molar-refractivity contribution in [1.82, 2.24) is 13.4 Å². The lowest BCUT2D eigenvalue weighted by Gasteiger charge is -2.12. The first-order valence-electron chi connectivity index (χ1n) is 9.96. The van der Waals surface area contributed by atoms with E-state index in [0.717, 1.165) is 15.1 Å². The van der Waals surface area contributed by atoms with E-state index in [1.54, 1.807) is 69.8 Å². The molecule has 0 saturated carbocycles. The van der Waals surface area contributed by atoms with Gasteiger partial charge in [0.1, 0.15) is 5.52 Å². The molecule has 0 atom stereocenters. The number of aromatic nitrogens is 2. The van der Waals surface area contributed by atoms with Gasteiger partial charge in [-0.25, -0.2) is 12.4 Å². The molecule has 1 amide bonds. The van der Waals surface area contributed by atoms with Crippen LogP contribution in [0.25, 0.3) is 22.0 Å². The Morgan fingerprint density at radius 2 is 1.56 bits per heavy atom. The normalized spacial score (nSPS) is 11.6. The molecule has 0 saturated heterocycles. The highest BCUT2D eigenvalue weighted by Crippen LogP contribution is 2.30. The number of carbonyl (C=O) groups is 1. The van der Waals surface area contributed by atoms with E-state index in [1.165, 1.54) is 27.8 Å². The van der Waals surface area contributed by atoms with Gasteiger partial charge in [-0.2, -0.15) is 0 Å². The minimum absolute atomic E-state index is 0.0824. The predicted octanol–water partition coefficient (Wildman–Crippen LogP) is 3.25. The summed E-state index contributed by atoms with van der Waals surface area (Å²) in [4.78, 5) is 26.8. The van der Waals surface area contributed by atoms with E-state index < -0.39 is 15.6 Å². The zero-order valence-electron chi connectivity index (χ0n) is 18.2. The highest BCUT2D eigenvalue weighted by atomic mass is 32.2. The van der Waals surface area contributed by atoms with Crippen molar-refractivity contribution in [2.75, 3.05) is 14.1 Å². The first-order chi connectivity index (χ1) is 15.1. The molecule has 0 aliphatic carbocycles. The van der Waals surface area contributed by atoms with Gasteiger partial charge in [-0.05, 0) is 42.8 Å². The molecule has 8 heteroatoms. The molecule has 2 aromatic carbocycles. The van der Waals surface area contributed by atoms with Crippen LogP contribution in [0.15, 0.2) is 76.7 Å². The minimum atomic E-state index is -3.95. The Morgan fingerprint density at radius 3 is 2.16 bits per heavy atom. The van der Waals surface area contributed by atoms with Gasteiger partial charge in [-0.1, -0.05) is 29.8 Å². The maximum absolute atomic E-state index is 13.3. The van der Waals surface area contributed by atoms with Crippen molar-refractivity contribution in [3.05, 3.63) is 88.5 Å². The molecule has 32 heavy (non-hydrogen) atoms. The van der Waals surface area contributed by atoms with Crippen molar-refractivity contribution in [1.29, 1.82) is 0 Å². The molecule has 164 valence electrons. The molecule has 4 aromatic rings. The van der Waals surface area contributed by atoms with E-state index in [4.69, 9.17) is 0 Å². The summed E-state index contributed by atoms with van der Waals surface area (Å²) in [5.74, 6) is -0.113. The molecule has 0 bridgehead atoms. The Labute approximate surface area is 186 Å². The third-order valence-corrected chi connectivity index (χ3v) is 7.10. The zero-order chi connectivity index (χ0) is 23.2. The van der Waals surface area contributed by atoms with Crippen LogP contribution in [0.5, 0.6) is 0 Å². The first-order valence-corrected chi connectivity index (χ1v) is 11.4. The van der Waals surface area contributed by atoms with E-state index in [-0.39, 0.29) is 16.3 Å². The van der Waals surface area contributed by atoms with E-state index in [2.05, 4.69) is 0 Å². The van der Waals surface area contributed by atoms with E-state index in [1.807, 2.05) is 6.92 Å². The standard InChI is InChI=1S/C24H23N3O4S/c1-16-5-11-19(12-6-16)32(30,31)27-14-13-20-21(15-26(4)24(29)22(20)27)17-7-9-18(10-8-17)23(28)25(2)3/h5-15H,1-4H3. The second kappa shape index (κ2) is 7.80. The number of aryl methyl sites for hydroxylation is 2. The summed E-state index contributed by atoms with van der Waals surface area (Å²) in [6.45, 7) is 1.88. The number of carbonyl (C=O) groups excluding carboxylic acids is 1. The van der Waals surface area contributed by atoms with Crippen LogP contribution in [-0.2, 0) is 17.1 Å². The molecule has 2 aromatic heterocycles. The third-order valence-electron chi connectivity index (χ3n) is 5.41. The highest BCUT2D eigenvalue weighted by molar-refractivity contribution is 7.90. The van der Waals surface area contributed by atoms with Gasteiger partial charge in [0.05, 0.1) is 4.90 Å². The minimum Gasteiger partial charge on any atom is -0.345 e. The molecule has 0 N–H and O–H groups in total. The number of rotatable bonds is 4. The second-order valence-corrected chi connectivity index (χ2v) is 9.74. The van der Waals surface area contributed by atoms with Crippen LogP contribution in [0, 0.1) is 6.92 Å². The largest absolute Gasteiger partial charge is 0.345 e. The molecular weight excluding hydrogens is 426 g/mol. The van der Waals surface area contributed by atoms with Crippen molar-refractivity contribution in [2.45, 2.75) is 11.8 Å². The Bertz CT molecular complexity index is 1490. The number of amides is 1. The number of fused-ring (bicyclic) bond motifs is 1. The lowest BCUT2D eigenvalue weighted by atomic mass is 10.0. The average Bonchev–Trinajstić information content (AvgIpc) is 3.22. The molecule has 0 spiro atoms. The third kappa shape index (κ3) is 3.52. The van der Waals surface area contributed by atoms with Gasteiger partial charge in [-0.15, -0.1) is 0 Å². The van der Waals surface area contributed by atoms with E-state index >= 15 is 0 Å². The van der Waals surface area contributed by atoms with Crippen LogP contribution < -0.4 is 5.56 Å². The number of pyridine rings is 1. The summed E-state index contributed by atoms with van der Waals surface area (Å²) >= 11 is 0. The van der Waals surface area contributed by atoms with Crippen LogP contribution in [-0.4, -0.2) is 41.9 Å². The SMILES string of the molecule is Cc1ccc(S(=O)(=O)n2ccc3c(-c4ccc(C(=O)N(C)C)cc4)cn(C)c(=O)c32)cc1. The summed E-state index contributed by atoms with van der Waals surface area (Å²) < 4.78 is 29.0. The average molecular weight is 450 g/mol. The van der Waals surface area contributed by atoms with Crippen LogP contribution in [0.4, 0.5) is 0 Å². The fraction of sp³-hybridized carbons (Fsp3) is 0.167. The van der Waals surface area contributed by atoms with Gasteiger partial charge >= 0.3 is 0 Å². The topological polar surface area (TPSA) is 81.4 Å². The zero-order valence-corrected chi connectivity index (χ0v) is 19.1. The Morgan fingerprint density at radius 1 is 0.938 bits per heavy atom. The van der Waals surface area contributed by atoms with Crippen molar-refractivity contribution in [3.8, 4) is 11.1 Å². The van der Waals surface area contributed by atoms with Gasteiger partial charge in [0.15, 0.2) is 0 Å². The van der Waals surface area contributed by atoms with Gasteiger partial charge in [0.25, 0.3) is 21.5 Å². The molecule has 0 aliphatic heterocycles. The lowest BCUT2D eigenvalue weighted by molar-refractivity contribution is 0.0827. The maximum atomic E-state index is 13.3. The van der Waals surface area contributed by atoms with Crippen molar-refractivity contribution in [2.24, 2.45) is 7.05 Å². The Kier molecular flexibility index (Phi) is 5.26. The van der Waals surface area contributed by atoms with Gasteiger partial charge in [-0.3, -0.25) is 9.59 Å². The van der Waals surface area contributed by atoms with Crippen LogP contribution in [0.3, 0.4) is 0 Å². The Hall–Kier alpha value is -3.65. The lowest BCUT2D eigenvalue weighted by Crippen LogP contribution is -2.22. The van der Waals surface area contributed by atoms with Crippen molar-refractivity contribution >= 4 is 26.8 Å². The molecule has 4 rings (SSSR count). The molecule has 0 unspecified atom stereocenters. The predicted molar refractivity (Wildman–Crippen MR) is 124 cm³/mol. The van der Waals surface area contributed by atoms with Gasteiger partial charge in [0, 0.05) is 50.0 Å². The first kappa shape index (κ1) is 21.6. The maximum Gasteiger partial charge on any atom is 0.275 e. The number of nitrogens with zero attached hydrogens (tertiary/aromatic N) is 3. The number of hydrogen-bond acceptors (Lipinski definition) is 4. The van der Waals surface area contributed by atoms with Gasteiger partial charge in [0.2, 0.25) is 0 Å². The van der Waals surface area contributed by atoms with Crippen LogP contribution in [0.2, 0.25) is 0 Å². The monoisotopic (exact) mass is 449 g/mol. The highest BCUT2D eigenvalue weighted by Gasteiger charge is 2.23. The summed E-state index contributed by atoms with van der Waals surface area (Å²) in [5.41, 5.74) is 2.62. The number of hydrogen-bond donors (Lipinski definition) is 0. The summed E-state index contributed by atoms with van der Waals surface area (Å²) in [6.07, 6.45) is 3.09. The fourth-order valence-corrected chi connectivity index (χ4v) is 4.98. The molecule has 0 aliphatic rings. The number of benzene rings is 2. The molecule has 7 nitrogen and oxygen atoms in total. The summed E-state index contributed by atoms with van der Waals surface area (Å²) in [6, 6.07) is 15.2. The van der Waals surface area contributed by atoms with Gasteiger partial charge < -0.3 is 9.47 Å². The smallest absolute Gasteiger partial charge is 0.275 e. The van der Waals surface area contributed by atoms with E-state index in [9.17, 15) is 18.0 Å². The van der Waals surface area contributed by atoms with Crippen LogP contribution >= 0.6 is 0 Å². The molecule has 0 fully saturated rings. The molecule has 2 heterocycles. The van der Waals surface area contributed by atoms with E-state index in [0.29, 0.717) is 16.5 Å². The second-order valence-electron chi connectivity index (χ2n) is 7.93. The van der Waals surface area contributed by atoms with Crippen molar-refractivity contribution < 1.29 is 13.2 Å². The quantitative estimate of drug-likeness (QED) is 0.479. The molecule has 0 radical (unpaired) electrons. The van der Waals surface area contributed by atoms with Crippen LogP contribution in [0.1, 0.15) is 15.9 Å². The fourth-order valence-electron chi connectivity index (χ4n) is 3.63. The summed E-state index contributed by atoms with van der Waals surface area (Å²) in [5, 5.41) is 0.524. The molecular formula is C24H23N3O4S.